The Morgan fingerprint density at radius 1 is 1.21 bits per heavy atom. The molecule has 3 atom stereocenters. The van der Waals surface area contributed by atoms with Gasteiger partial charge in [-0.3, -0.25) is 4.79 Å². The Kier molecular flexibility index (Phi) is 5.88. The van der Waals surface area contributed by atoms with Crippen molar-refractivity contribution in [2.24, 2.45) is 5.92 Å². The lowest BCUT2D eigenvalue weighted by molar-refractivity contribution is -0.134. The van der Waals surface area contributed by atoms with Crippen molar-refractivity contribution in [2.45, 2.75) is 45.0 Å². The van der Waals surface area contributed by atoms with Crippen LogP contribution in [0.15, 0.2) is 54.5 Å². The quantitative estimate of drug-likeness (QED) is 0.658. The van der Waals surface area contributed by atoms with Crippen LogP contribution in [0.2, 0.25) is 5.02 Å². The summed E-state index contributed by atoms with van der Waals surface area (Å²) in [5, 5.41) is 0.351. The third-order valence-electron chi connectivity index (χ3n) is 5.42. The molecule has 0 saturated heterocycles. The van der Waals surface area contributed by atoms with Crippen molar-refractivity contribution in [1.29, 1.82) is 0 Å². The summed E-state index contributed by atoms with van der Waals surface area (Å²) in [5.74, 6) is 0.172. The zero-order chi connectivity index (χ0) is 20.4. The molecule has 2 aromatic carbocycles. The Bertz CT molecular complexity index is 922. The van der Waals surface area contributed by atoms with Crippen LogP contribution in [0.1, 0.15) is 30.4 Å². The van der Waals surface area contributed by atoms with E-state index in [9.17, 15) is 9.18 Å². The van der Waals surface area contributed by atoms with E-state index in [4.69, 9.17) is 25.8 Å². The summed E-state index contributed by atoms with van der Waals surface area (Å²) >= 11 is 6.06. The maximum Gasteiger partial charge on any atom is 0.207 e. The molecule has 4 nitrogen and oxygen atoms in total. The molecule has 2 aromatic rings. The number of carbonyl (C=O) groups is 1. The summed E-state index contributed by atoms with van der Waals surface area (Å²) in [6, 6.07) is 12.1. The Morgan fingerprint density at radius 3 is 2.83 bits per heavy atom. The minimum absolute atomic E-state index is 0.0432. The first kappa shape index (κ1) is 19.9. The van der Waals surface area contributed by atoms with E-state index in [0.29, 0.717) is 35.6 Å². The third kappa shape index (κ3) is 4.46. The second kappa shape index (κ2) is 8.56. The van der Waals surface area contributed by atoms with Crippen LogP contribution in [0.4, 0.5) is 4.39 Å². The fourth-order valence-electron chi connectivity index (χ4n) is 3.84. The highest BCUT2D eigenvalue weighted by Crippen LogP contribution is 2.35. The Labute approximate surface area is 174 Å². The minimum atomic E-state index is -0.379. The number of aryl methyl sites for hydroxylation is 1. The van der Waals surface area contributed by atoms with E-state index in [0.717, 1.165) is 5.56 Å². The number of hydrogen-bond donors (Lipinski definition) is 0. The number of allylic oxidation sites excluding steroid dienone is 1. The molecule has 0 bridgehead atoms. The second-order valence-corrected chi connectivity index (χ2v) is 7.90. The highest BCUT2D eigenvalue weighted by Gasteiger charge is 2.41. The molecule has 1 heterocycles. The van der Waals surface area contributed by atoms with Crippen molar-refractivity contribution < 1.29 is 23.4 Å². The summed E-state index contributed by atoms with van der Waals surface area (Å²) in [7, 11) is 0. The van der Waals surface area contributed by atoms with Gasteiger partial charge in [0.15, 0.2) is 0 Å². The zero-order valence-corrected chi connectivity index (χ0v) is 16.8. The predicted octanol–water partition coefficient (Wildman–Crippen LogP) is 5.36. The van der Waals surface area contributed by atoms with Gasteiger partial charge in [0.2, 0.25) is 11.5 Å². The van der Waals surface area contributed by atoms with Crippen molar-refractivity contribution >= 4 is 17.4 Å². The number of hydrogen-bond acceptors (Lipinski definition) is 4. The van der Waals surface area contributed by atoms with Crippen LogP contribution in [0.3, 0.4) is 0 Å². The zero-order valence-electron chi connectivity index (χ0n) is 16.1. The first-order valence-corrected chi connectivity index (χ1v) is 10.1. The average molecular weight is 417 g/mol. The van der Waals surface area contributed by atoms with Crippen molar-refractivity contribution in [3.63, 3.8) is 0 Å². The van der Waals surface area contributed by atoms with E-state index in [1.54, 1.807) is 12.1 Å². The van der Waals surface area contributed by atoms with Crippen LogP contribution in [0.5, 0.6) is 5.75 Å². The molecule has 0 aromatic heterocycles. The number of ether oxygens (including phenoxy) is 3. The van der Waals surface area contributed by atoms with Crippen molar-refractivity contribution in [3.05, 3.63) is 76.5 Å². The van der Waals surface area contributed by atoms with Gasteiger partial charge in [-0.05, 0) is 49.6 Å². The number of benzene rings is 2. The number of carbonyl (C=O) groups excluding carboxylic acids is 1. The van der Waals surface area contributed by atoms with E-state index >= 15 is 0 Å². The smallest absolute Gasteiger partial charge is 0.207 e. The molecule has 4 rings (SSSR count). The Balaban J connectivity index is 1.37. The highest BCUT2D eigenvalue weighted by molar-refractivity contribution is 6.31. The molecular formula is C23H22ClFO4. The first-order chi connectivity index (χ1) is 14.0. The molecule has 29 heavy (non-hydrogen) atoms. The number of Topliss-reactive ketones (excluding diaryl/α,β-unsaturated/α-hetero) is 1. The summed E-state index contributed by atoms with van der Waals surface area (Å²) in [4.78, 5) is 12.8. The predicted molar refractivity (Wildman–Crippen MR) is 107 cm³/mol. The number of rotatable bonds is 5. The molecule has 0 N–H and O–H groups in total. The largest absolute Gasteiger partial charge is 0.493 e. The van der Waals surface area contributed by atoms with Crippen molar-refractivity contribution in [3.8, 4) is 5.75 Å². The van der Waals surface area contributed by atoms with Gasteiger partial charge < -0.3 is 14.2 Å². The molecule has 152 valence electrons. The van der Waals surface area contributed by atoms with Gasteiger partial charge in [0, 0.05) is 17.0 Å². The lowest BCUT2D eigenvalue weighted by Gasteiger charge is -2.37. The van der Waals surface area contributed by atoms with Gasteiger partial charge in [-0.15, -0.1) is 0 Å². The molecule has 0 spiro atoms. The number of halogens is 2. The summed E-state index contributed by atoms with van der Waals surface area (Å²) < 4.78 is 31.4. The van der Waals surface area contributed by atoms with Crippen LogP contribution in [0, 0.1) is 18.7 Å². The standard InChI is InChI=1S/C23H22ClFO4/c1-14-4-2-5-16(10-14)29-22-13-28-21-11-15(8-9-17(21)23(22)26)27-12-18-19(24)6-3-7-20(18)25/h2-7,10,13,15,17,21H,8-9,11-12H2,1H3. The normalized spacial score (nSPS) is 23.8. The van der Waals surface area contributed by atoms with Crippen molar-refractivity contribution in [1.82, 2.24) is 0 Å². The van der Waals surface area contributed by atoms with E-state index < -0.39 is 0 Å². The van der Waals surface area contributed by atoms with Gasteiger partial charge in [0.25, 0.3) is 0 Å². The molecular weight excluding hydrogens is 395 g/mol. The average Bonchev–Trinajstić information content (AvgIpc) is 2.70. The summed E-state index contributed by atoms with van der Waals surface area (Å²) in [6.07, 6.45) is 2.92. The van der Waals surface area contributed by atoms with Gasteiger partial charge >= 0.3 is 0 Å². The molecule has 6 heteroatoms. The van der Waals surface area contributed by atoms with Crippen LogP contribution in [0.25, 0.3) is 0 Å². The van der Waals surface area contributed by atoms with E-state index in [2.05, 4.69) is 0 Å². The van der Waals surface area contributed by atoms with Crippen LogP contribution < -0.4 is 4.74 Å². The first-order valence-electron chi connectivity index (χ1n) is 9.70. The van der Waals surface area contributed by atoms with E-state index in [-0.39, 0.29) is 42.1 Å². The molecule has 1 aliphatic carbocycles. The minimum Gasteiger partial charge on any atom is -0.493 e. The molecule has 3 unspecified atom stereocenters. The maximum absolute atomic E-state index is 13.9. The Hall–Kier alpha value is -2.37. The molecule has 0 radical (unpaired) electrons. The lowest BCUT2D eigenvalue weighted by Crippen LogP contribution is -2.42. The van der Waals surface area contributed by atoms with Crippen LogP contribution >= 0.6 is 11.6 Å². The van der Waals surface area contributed by atoms with Gasteiger partial charge in [-0.25, -0.2) is 4.39 Å². The topological polar surface area (TPSA) is 44.8 Å². The summed E-state index contributed by atoms with van der Waals surface area (Å²) in [6.45, 7) is 2.06. The van der Waals surface area contributed by atoms with Gasteiger partial charge in [0.1, 0.15) is 23.9 Å². The monoisotopic (exact) mass is 416 g/mol. The van der Waals surface area contributed by atoms with Crippen LogP contribution in [-0.4, -0.2) is 18.0 Å². The van der Waals surface area contributed by atoms with Crippen molar-refractivity contribution in [2.75, 3.05) is 0 Å². The maximum atomic E-state index is 13.9. The fraction of sp³-hybridized carbons (Fsp3) is 0.348. The molecule has 1 aliphatic heterocycles. The van der Waals surface area contributed by atoms with E-state index in [1.807, 2.05) is 31.2 Å². The number of fused-ring (bicyclic) bond motifs is 1. The van der Waals surface area contributed by atoms with Crippen LogP contribution in [-0.2, 0) is 20.9 Å². The number of ketones is 1. The van der Waals surface area contributed by atoms with E-state index in [1.165, 1.54) is 12.3 Å². The molecule has 1 saturated carbocycles. The SMILES string of the molecule is Cc1cccc(OC2=COC3CC(OCc4c(F)cccc4Cl)CCC3C2=O)c1. The fourth-order valence-corrected chi connectivity index (χ4v) is 4.05. The highest BCUT2D eigenvalue weighted by atomic mass is 35.5. The second-order valence-electron chi connectivity index (χ2n) is 7.49. The van der Waals surface area contributed by atoms with Gasteiger partial charge in [0.05, 0.1) is 18.6 Å². The molecule has 2 aliphatic rings. The molecule has 1 fully saturated rings. The summed E-state index contributed by atoms with van der Waals surface area (Å²) in [5.41, 5.74) is 1.41. The van der Waals surface area contributed by atoms with Gasteiger partial charge in [-0.2, -0.15) is 0 Å². The lowest BCUT2D eigenvalue weighted by atomic mass is 9.80. The Morgan fingerprint density at radius 2 is 2.03 bits per heavy atom. The van der Waals surface area contributed by atoms with Gasteiger partial charge in [-0.1, -0.05) is 29.8 Å². The third-order valence-corrected chi connectivity index (χ3v) is 5.77. The molecule has 0 amide bonds.